The number of aryl methyl sites for hydroxylation is 1. The number of aromatic nitrogens is 2. The van der Waals surface area contributed by atoms with Crippen molar-refractivity contribution in [2.24, 2.45) is 5.73 Å². The third-order valence-corrected chi connectivity index (χ3v) is 3.21. The van der Waals surface area contributed by atoms with Gasteiger partial charge in [0.2, 0.25) is 0 Å². The van der Waals surface area contributed by atoms with Crippen LogP contribution in [0.2, 0.25) is 5.02 Å². The summed E-state index contributed by atoms with van der Waals surface area (Å²) in [7, 11) is 1.64. The molecule has 0 spiro atoms. The summed E-state index contributed by atoms with van der Waals surface area (Å²) >= 11 is 6.15. The quantitative estimate of drug-likeness (QED) is 0.893. The van der Waals surface area contributed by atoms with E-state index in [4.69, 9.17) is 22.1 Å². The number of halogens is 1. The van der Waals surface area contributed by atoms with Gasteiger partial charge in [0.25, 0.3) is 0 Å². The third kappa shape index (κ3) is 2.49. The largest absolute Gasteiger partial charge is 0.496 e. The summed E-state index contributed by atoms with van der Waals surface area (Å²) in [5.41, 5.74) is 9.20. The van der Waals surface area contributed by atoms with Gasteiger partial charge in [-0.15, -0.1) is 0 Å². The molecule has 0 fully saturated rings. The van der Waals surface area contributed by atoms with Gasteiger partial charge in [-0.25, -0.2) is 0 Å². The molecule has 3 N–H and O–H groups in total. The number of ether oxygens (including phenoxy) is 1. The molecule has 0 saturated heterocycles. The highest BCUT2D eigenvalue weighted by molar-refractivity contribution is 6.31. The van der Waals surface area contributed by atoms with Crippen LogP contribution in [0.1, 0.15) is 11.3 Å². The van der Waals surface area contributed by atoms with Crippen LogP contribution in [-0.2, 0) is 6.42 Å². The molecular weight excluding hydrogens is 250 g/mol. The van der Waals surface area contributed by atoms with Gasteiger partial charge in [0.15, 0.2) is 0 Å². The van der Waals surface area contributed by atoms with Crippen molar-refractivity contribution in [3.05, 3.63) is 34.5 Å². The third-order valence-electron chi connectivity index (χ3n) is 2.80. The Hall–Kier alpha value is -1.52. The standard InChI is InChI=1S/C13H16ClN3O/c1-8-5-13(18-2)10(7-11(8)14)12-6-9(3-4-15)16-17-12/h5-7H,3-4,15H2,1-2H3,(H,16,17). The first kappa shape index (κ1) is 12.9. The van der Waals surface area contributed by atoms with Gasteiger partial charge in [-0.1, -0.05) is 11.6 Å². The summed E-state index contributed by atoms with van der Waals surface area (Å²) in [4.78, 5) is 0. The lowest BCUT2D eigenvalue weighted by atomic mass is 10.1. The number of methoxy groups -OCH3 is 1. The monoisotopic (exact) mass is 265 g/mol. The summed E-state index contributed by atoms with van der Waals surface area (Å²) in [5, 5.41) is 7.93. The molecule has 2 rings (SSSR count). The minimum Gasteiger partial charge on any atom is -0.496 e. The van der Waals surface area contributed by atoms with Crippen molar-refractivity contribution in [2.45, 2.75) is 13.3 Å². The van der Waals surface area contributed by atoms with E-state index >= 15 is 0 Å². The predicted octanol–water partition coefficient (Wildman–Crippen LogP) is 2.55. The van der Waals surface area contributed by atoms with Gasteiger partial charge in [0, 0.05) is 22.7 Å². The van der Waals surface area contributed by atoms with E-state index in [1.165, 1.54) is 0 Å². The molecule has 0 saturated carbocycles. The van der Waals surface area contributed by atoms with E-state index in [1.54, 1.807) is 7.11 Å². The zero-order valence-corrected chi connectivity index (χ0v) is 11.2. The molecule has 1 aromatic carbocycles. The molecule has 1 aromatic heterocycles. The smallest absolute Gasteiger partial charge is 0.128 e. The van der Waals surface area contributed by atoms with Crippen molar-refractivity contribution in [2.75, 3.05) is 13.7 Å². The van der Waals surface area contributed by atoms with Crippen molar-refractivity contribution in [1.82, 2.24) is 10.2 Å². The van der Waals surface area contributed by atoms with Crippen molar-refractivity contribution in [3.63, 3.8) is 0 Å². The zero-order chi connectivity index (χ0) is 13.1. The topological polar surface area (TPSA) is 63.9 Å². The van der Waals surface area contributed by atoms with E-state index in [9.17, 15) is 0 Å². The van der Waals surface area contributed by atoms with Crippen molar-refractivity contribution >= 4 is 11.6 Å². The van der Waals surface area contributed by atoms with E-state index < -0.39 is 0 Å². The van der Waals surface area contributed by atoms with Gasteiger partial charge in [-0.3, -0.25) is 5.10 Å². The van der Waals surface area contributed by atoms with Crippen LogP contribution < -0.4 is 10.5 Å². The Kier molecular flexibility index (Phi) is 3.89. The van der Waals surface area contributed by atoms with E-state index in [1.807, 2.05) is 25.1 Å². The lowest BCUT2D eigenvalue weighted by molar-refractivity contribution is 0.416. The Labute approximate surface area is 111 Å². The van der Waals surface area contributed by atoms with E-state index in [0.717, 1.165) is 34.7 Å². The van der Waals surface area contributed by atoms with Gasteiger partial charge in [-0.2, -0.15) is 5.10 Å². The molecule has 0 aliphatic rings. The van der Waals surface area contributed by atoms with Crippen molar-refractivity contribution in [3.8, 4) is 17.0 Å². The molecule has 96 valence electrons. The van der Waals surface area contributed by atoms with Gasteiger partial charge in [0.05, 0.1) is 12.8 Å². The number of hydrogen-bond acceptors (Lipinski definition) is 3. The fourth-order valence-corrected chi connectivity index (χ4v) is 1.97. The maximum absolute atomic E-state index is 6.15. The highest BCUT2D eigenvalue weighted by Gasteiger charge is 2.12. The fraction of sp³-hybridized carbons (Fsp3) is 0.308. The average Bonchev–Trinajstić information content (AvgIpc) is 2.81. The van der Waals surface area contributed by atoms with E-state index in [2.05, 4.69) is 10.2 Å². The first-order valence-electron chi connectivity index (χ1n) is 5.74. The molecule has 0 unspecified atom stereocenters. The molecule has 0 atom stereocenters. The minimum atomic E-state index is 0.591. The molecule has 2 aromatic rings. The number of nitrogens with two attached hydrogens (primary N) is 1. The lowest BCUT2D eigenvalue weighted by Gasteiger charge is -2.08. The van der Waals surface area contributed by atoms with Crippen LogP contribution in [0.3, 0.4) is 0 Å². The second kappa shape index (κ2) is 5.42. The summed E-state index contributed by atoms with van der Waals surface area (Å²) < 4.78 is 5.37. The Morgan fingerprint density at radius 1 is 1.39 bits per heavy atom. The molecule has 0 bridgehead atoms. The molecule has 4 nitrogen and oxygen atoms in total. The number of benzene rings is 1. The van der Waals surface area contributed by atoms with E-state index in [-0.39, 0.29) is 0 Å². The highest BCUT2D eigenvalue weighted by atomic mass is 35.5. The lowest BCUT2D eigenvalue weighted by Crippen LogP contribution is -2.02. The van der Waals surface area contributed by atoms with Crippen LogP contribution in [0, 0.1) is 6.92 Å². The number of nitrogens with zero attached hydrogens (tertiary/aromatic N) is 1. The summed E-state index contributed by atoms with van der Waals surface area (Å²) in [6.45, 7) is 2.53. The van der Waals surface area contributed by atoms with Gasteiger partial charge < -0.3 is 10.5 Å². The second-order valence-corrected chi connectivity index (χ2v) is 4.53. The number of nitrogens with one attached hydrogen (secondary N) is 1. The van der Waals surface area contributed by atoms with Gasteiger partial charge in [-0.05, 0) is 37.2 Å². The normalized spacial score (nSPS) is 10.7. The highest BCUT2D eigenvalue weighted by Crippen LogP contribution is 2.33. The van der Waals surface area contributed by atoms with E-state index in [0.29, 0.717) is 11.6 Å². The average molecular weight is 266 g/mol. The van der Waals surface area contributed by atoms with Crippen LogP contribution in [0.15, 0.2) is 18.2 Å². The first-order valence-corrected chi connectivity index (χ1v) is 6.12. The molecular formula is C13H16ClN3O. The maximum atomic E-state index is 6.15. The van der Waals surface area contributed by atoms with Crippen molar-refractivity contribution < 1.29 is 4.74 Å². The van der Waals surface area contributed by atoms with Crippen molar-refractivity contribution in [1.29, 1.82) is 0 Å². The fourth-order valence-electron chi connectivity index (χ4n) is 1.81. The first-order chi connectivity index (χ1) is 8.65. The number of rotatable bonds is 4. The molecule has 1 heterocycles. The summed E-state index contributed by atoms with van der Waals surface area (Å²) in [6.07, 6.45) is 0.773. The number of H-pyrrole nitrogens is 1. The van der Waals surface area contributed by atoms with Crippen LogP contribution in [0.25, 0.3) is 11.3 Å². The molecule has 0 aliphatic carbocycles. The number of hydrogen-bond donors (Lipinski definition) is 2. The number of aromatic amines is 1. The van der Waals surface area contributed by atoms with Gasteiger partial charge in [0.1, 0.15) is 5.75 Å². The Bertz CT molecular complexity index is 551. The Morgan fingerprint density at radius 3 is 2.83 bits per heavy atom. The molecule has 0 aliphatic heterocycles. The van der Waals surface area contributed by atoms with Crippen LogP contribution >= 0.6 is 11.6 Å². The van der Waals surface area contributed by atoms with Crippen LogP contribution in [0.4, 0.5) is 0 Å². The van der Waals surface area contributed by atoms with Crippen LogP contribution in [-0.4, -0.2) is 23.9 Å². The minimum absolute atomic E-state index is 0.591. The SMILES string of the molecule is COc1cc(C)c(Cl)cc1-c1cc(CCN)[nH]n1. The molecule has 5 heteroatoms. The molecule has 0 amide bonds. The predicted molar refractivity (Wildman–Crippen MR) is 73.1 cm³/mol. The zero-order valence-electron chi connectivity index (χ0n) is 10.5. The van der Waals surface area contributed by atoms with Gasteiger partial charge >= 0.3 is 0 Å². The molecule has 18 heavy (non-hydrogen) atoms. The van der Waals surface area contributed by atoms with Crippen LogP contribution in [0.5, 0.6) is 5.75 Å². The Morgan fingerprint density at radius 2 is 2.17 bits per heavy atom. The summed E-state index contributed by atoms with van der Waals surface area (Å²) in [5.74, 6) is 0.766. The second-order valence-electron chi connectivity index (χ2n) is 4.12. The Balaban J connectivity index is 2.45. The molecule has 0 radical (unpaired) electrons. The maximum Gasteiger partial charge on any atom is 0.128 e. The summed E-state index contributed by atoms with van der Waals surface area (Å²) in [6, 6.07) is 5.75.